The van der Waals surface area contributed by atoms with Crippen LogP contribution >= 0.6 is 0 Å². The van der Waals surface area contributed by atoms with Crippen LogP contribution in [-0.2, 0) is 22.4 Å². The van der Waals surface area contributed by atoms with Crippen LogP contribution in [0.4, 0.5) is 4.79 Å². The average Bonchev–Trinajstić information content (AvgIpc) is 3.00. The van der Waals surface area contributed by atoms with Crippen molar-refractivity contribution in [3.05, 3.63) is 47.5 Å². The van der Waals surface area contributed by atoms with Gasteiger partial charge in [0, 0.05) is 6.42 Å². The van der Waals surface area contributed by atoms with Gasteiger partial charge in [0.05, 0.1) is 6.42 Å². The molecule has 26 heavy (non-hydrogen) atoms. The summed E-state index contributed by atoms with van der Waals surface area (Å²) in [6.45, 7) is 5.27. The SMILES string of the molecule is CC(C)(C)OC(=O)N[C@H](CC(N)=O)c1nc(CCc2ccccc2)n[nH]1. The molecule has 0 aliphatic rings. The maximum Gasteiger partial charge on any atom is 0.408 e. The molecule has 2 rings (SSSR count). The van der Waals surface area contributed by atoms with E-state index in [2.05, 4.69) is 20.5 Å². The monoisotopic (exact) mass is 359 g/mol. The van der Waals surface area contributed by atoms with Crippen molar-refractivity contribution in [3.8, 4) is 0 Å². The molecular formula is C18H25N5O3. The predicted molar refractivity (Wildman–Crippen MR) is 96.2 cm³/mol. The molecule has 0 unspecified atom stereocenters. The van der Waals surface area contributed by atoms with E-state index in [1.807, 2.05) is 30.3 Å². The number of H-pyrrole nitrogens is 1. The summed E-state index contributed by atoms with van der Waals surface area (Å²) in [6.07, 6.45) is 0.673. The van der Waals surface area contributed by atoms with Gasteiger partial charge < -0.3 is 15.8 Å². The number of carbonyl (C=O) groups is 2. The van der Waals surface area contributed by atoms with Crippen molar-refractivity contribution in [3.63, 3.8) is 0 Å². The van der Waals surface area contributed by atoms with Crippen molar-refractivity contribution in [2.45, 2.75) is 51.7 Å². The standard InChI is InChI=1S/C18H25N5O3/c1-18(2,3)26-17(25)20-13(11-14(19)24)16-21-15(22-23-16)10-9-12-7-5-4-6-8-12/h4-8,13H,9-11H2,1-3H3,(H2,19,24)(H,20,25)(H,21,22,23)/t13-/m1/s1. The quantitative estimate of drug-likeness (QED) is 0.698. The minimum absolute atomic E-state index is 0.105. The van der Waals surface area contributed by atoms with Crippen molar-refractivity contribution < 1.29 is 14.3 Å². The maximum atomic E-state index is 12.0. The molecule has 8 heteroatoms. The van der Waals surface area contributed by atoms with E-state index in [0.717, 1.165) is 6.42 Å². The second-order valence-electron chi connectivity index (χ2n) is 6.99. The Kier molecular flexibility index (Phi) is 6.32. The lowest BCUT2D eigenvalue weighted by molar-refractivity contribution is -0.118. The molecule has 0 bridgehead atoms. The largest absolute Gasteiger partial charge is 0.444 e. The molecule has 0 aliphatic heterocycles. The summed E-state index contributed by atoms with van der Waals surface area (Å²) < 4.78 is 5.22. The fraction of sp³-hybridized carbons (Fsp3) is 0.444. The van der Waals surface area contributed by atoms with Crippen LogP contribution in [0.2, 0.25) is 0 Å². The Morgan fingerprint density at radius 3 is 2.54 bits per heavy atom. The second kappa shape index (κ2) is 8.46. The molecule has 0 radical (unpaired) electrons. The van der Waals surface area contributed by atoms with Crippen LogP contribution in [0.1, 0.15) is 50.4 Å². The first-order valence-electron chi connectivity index (χ1n) is 8.46. The van der Waals surface area contributed by atoms with Gasteiger partial charge in [0.1, 0.15) is 17.5 Å². The third-order valence-corrected chi connectivity index (χ3v) is 3.46. The topological polar surface area (TPSA) is 123 Å². The molecule has 0 fully saturated rings. The normalized spacial score (nSPS) is 12.4. The van der Waals surface area contributed by atoms with Crippen molar-refractivity contribution >= 4 is 12.0 Å². The predicted octanol–water partition coefficient (Wildman–Crippen LogP) is 2.03. The van der Waals surface area contributed by atoms with Gasteiger partial charge in [0.15, 0.2) is 5.82 Å². The first kappa shape index (κ1) is 19.4. The van der Waals surface area contributed by atoms with Crippen molar-refractivity contribution in [1.82, 2.24) is 20.5 Å². The van der Waals surface area contributed by atoms with Gasteiger partial charge >= 0.3 is 6.09 Å². The molecule has 2 amide bonds. The number of nitrogens with zero attached hydrogens (tertiary/aromatic N) is 2. The molecule has 2 aromatic rings. The summed E-state index contributed by atoms with van der Waals surface area (Å²) in [7, 11) is 0. The minimum atomic E-state index is -0.722. The number of ether oxygens (including phenoxy) is 1. The molecule has 8 nitrogen and oxygen atoms in total. The van der Waals surface area contributed by atoms with E-state index in [-0.39, 0.29) is 6.42 Å². The molecule has 4 N–H and O–H groups in total. The van der Waals surface area contributed by atoms with Gasteiger partial charge in [-0.15, -0.1) is 0 Å². The summed E-state index contributed by atoms with van der Waals surface area (Å²) in [6, 6.07) is 9.27. The second-order valence-corrected chi connectivity index (χ2v) is 6.99. The molecule has 1 aromatic carbocycles. The van der Waals surface area contributed by atoms with Gasteiger partial charge in [0.25, 0.3) is 0 Å². The van der Waals surface area contributed by atoms with Crippen molar-refractivity contribution in [2.75, 3.05) is 0 Å². The number of aromatic amines is 1. The lowest BCUT2D eigenvalue weighted by Gasteiger charge is -2.22. The van der Waals surface area contributed by atoms with Crippen LogP contribution in [0.15, 0.2) is 30.3 Å². The average molecular weight is 359 g/mol. The molecule has 140 valence electrons. The first-order valence-corrected chi connectivity index (χ1v) is 8.46. The van der Waals surface area contributed by atoms with Crippen molar-refractivity contribution in [2.24, 2.45) is 5.73 Å². The highest BCUT2D eigenvalue weighted by molar-refractivity contribution is 5.76. The van der Waals surface area contributed by atoms with Crippen LogP contribution < -0.4 is 11.1 Å². The molecule has 1 heterocycles. The van der Waals surface area contributed by atoms with Gasteiger partial charge in [0.2, 0.25) is 5.91 Å². The zero-order valence-corrected chi connectivity index (χ0v) is 15.3. The summed E-state index contributed by atoms with van der Waals surface area (Å²) in [5, 5.41) is 9.55. The Hall–Kier alpha value is -2.90. The molecule has 1 atom stereocenters. The molecular weight excluding hydrogens is 334 g/mol. The number of aromatic nitrogens is 3. The summed E-state index contributed by atoms with van der Waals surface area (Å²) in [5.74, 6) is 0.412. The van der Waals surface area contributed by atoms with Crippen molar-refractivity contribution in [1.29, 1.82) is 0 Å². The zero-order chi connectivity index (χ0) is 19.2. The number of rotatable bonds is 7. The van der Waals surface area contributed by atoms with Crippen LogP contribution in [0.5, 0.6) is 0 Å². The highest BCUT2D eigenvalue weighted by atomic mass is 16.6. The van der Waals surface area contributed by atoms with Gasteiger partial charge in [-0.25, -0.2) is 9.78 Å². The smallest absolute Gasteiger partial charge is 0.408 e. The third kappa shape index (κ3) is 6.54. The number of alkyl carbamates (subject to hydrolysis) is 1. The van der Waals surface area contributed by atoms with Crippen LogP contribution in [0, 0.1) is 0 Å². The Morgan fingerprint density at radius 2 is 1.92 bits per heavy atom. The molecule has 1 aromatic heterocycles. The van der Waals surface area contributed by atoms with E-state index in [1.54, 1.807) is 20.8 Å². The van der Waals surface area contributed by atoms with Crippen LogP contribution in [-0.4, -0.2) is 32.8 Å². The Morgan fingerprint density at radius 1 is 1.23 bits per heavy atom. The lowest BCUT2D eigenvalue weighted by Crippen LogP contribution is -2.37. The number of nitrogens with two attached hydrogens (primary N) is 1. The maximum absolute atomic E-state index is 12.0. The summed E-state index contributed by atoms with van der Waals surface area (Å²) in [5.41, 5.74) is 5.81. The van der Waals surface area contributed by atoms with E-state index in [0.29, 0.717) is 18.1 Å². The Bertz CT molecular complexity index is 737. The third-order valence-electron chi connectivity index (χ3n) is 3.46. The highest BCUT2D eigenvalue weighted by Crippen LogP contribution is 2.15. The fourth-order valence-electron chi connectivity index (χ4n) is 2.35. The zero-order valence-electron chi connectivity index (χ0n) is 15.3. The van der Waals surface area contributed by atoms with Gasteiger partial charge in [-0.1, -0.05) is 30.3 Å². The first-order chi connectivity index (χ1) is 12.2. The van der Waals surface area contributed by atoms with Gasteiger partial charge in [-0.3, -0.25) is 9.89 Å². The van der Waals surface area contributed by atoms with E-state index in [1.165, 1.54) is 5.56 Å². The van der Waals surface area contributed by atoms with E-state index < -0.39 is 23.6 Å². The number of primary amides is 1. The fourth-order valence-corrected chi connectivity index (χ4v) is 2.35. The van der Waals surface area contributed by atoms with E-state index in [4.69, 9.17) is 10.5 Å². The highest BCUT2D eigenvalue weighted by Gasteiger charge is 2.24. The number of nitrogens with one attached hydrogen (secondary N) is 2. The molecule has 0 spiro atoms. The van der Waals surface area contributed by atoms with Gasteiger partial charge in [-0.2, -0.15) is 5.10 Å². The molecule has 0 saturated heterocycles. The summed E-state index contributed by atoms with van der Waals surface area (Å²) in [4.78, 5) is 27.7. The Labute approximate surface area is 152 Å². The van der Waals surface area contributed by atoms with E-state index >= 15 is 0 Å². The number of hydrogen-bond donors (Lipinski definition) is 3. The minimum Gasteiger partial charge on any atom is -0.444 e. The molecule has 0 aliphatic carbocycles. The number of carbonyl (C=O) groups excluding carboxylic acids is 2. The Balaban J connectivity index is 2.02. The van der Waals surface area contributed by atoms with E-state index in [9.17, 15) is 9.59 Å². The number of hydrogen-bond acceptors (Lipinski definition) is 5. The number of amides is 2. The number of aryl methyl sites for hydroxylation is 2. The van der Waals surface area contributed by atoms with Gasteiger partial charge in [-0.05, 0) is 32.8 Å². The van der Waals surface area contributed by atoms with Crippen LogP contribution in [0.25, 0.3) is 0 Å². The van der Waals surface area contributed by atoms with Crippen LogP contribution in [0.3, 0.4) is 0 Å². The molecule has 0 saturated carbocycles. The number of benzene rings is 1. The lowest BCUT2D eigenvalue weighted by atomic mass is 10.1. The summed E-state index contributed by atoms with van der Waals surface area (Å²) >= 11 is 0.